The normalized spacial score (nSPS) is 23.1. The highest BCUT2D eigenvalue weighted by atomic mass is 14.4. The van der Waals surface area contributed by atoms with Crippen LogP contribution in [0.5, 0.6) is 0 Å². The van der Waals surface area contributed by atoms with Crippen LogP contribution in [0.1, 0.15) is 24.8 Å². The van der Waals surface area contributed by atoms with Crippen LogP contribution in [0.15, 0.2) is 90.1 Å². The van der Waals surface area contributed by atoms with E-state index < -0.39 is 0 Å². The van der Waals surface area contributed by atoms with Crippen molar-refractivity contribution in [2.75, 3.05) is 0 Å². The summed E-state index contributed by atoms with van der Waals surface area (Å²) in [7, 11) is 0. The molecule has 2 aliphatic rings. The van der Waals surface area contributed by atoms with Gasteiger partial charge in [-0.25, -0.2) is 0 Å². The average Bonchev–Trinajstić information content (AvgIpc) is 2.75. The van der Waals surface area contributed by atoms with Gasteiger partial charge in [-0.15, -0.1) is 0 Å². The van der Waals surface area contributed by atoms with E-state index in [1.165, 1.54) is 21.9 Å². The summed E-state index contributed by atoms with van der Waals surface area (Å²) in [5.41, 5.74) is 4.46. The van der Waals surface area contributed by atoms with Gasteiger partial charge in [-0.05, 0) is 28.3 Å². The van der Waals surface area contributed by atoms with Gasteiger partial charge in [0.2, 0.25) is 0 Å². The second-order valence-electron chi connectivity index (χ2n) is 6.08. The second-order valence-corrected chi connectivity index (χ2v) is 6.08. The van der Waals surface area contributed by atoms with Crippen molar-refractivity contribution in [3.63, 3.8) is 0 Å². The van der Waals surface area contributed by atoms with Crippen molar-refractivity contribution in [3.05, 3.63) is 95.6 Å². The average molecular weight is 284 g/mol. The first-order chi connectivity index (χ1) is 10.9. The Kier molecular flexibility index (Phi) is 3.31. The quantitative estimate of drug-likeness (QED) is 0.640. The third-order valence-corrected chi connectivity index (χ3v) is 4.89. The summed E-state index contributed by atoms with van der Waals surface area (Å²) in [6.07, 6.45) is 14.6. The topological polar surface area (TPSA) is 0 Å². The van der Waals surface area contributed by atoms with E-state index in [1.54, 1.807) is 5.57 Å². The highest BCUT2D eigenvalue weighted by Crippen LogP contribution is 2.47. The lowest BCUT2D eigenvalue weighted by molar-refractivity contribution is 0.674. The molecule has 0 radical (unpaired) electrons. The number of allylic oxidation sites excluding steroid dienone is 8. The number of benzene rings is 2. The maximum absolute atomic E-state index is 2.41. The van der Waals surface area contributed by atoms with Crippen LogP contribution in [0.2, 0.25) is 0 Å². The molecule has 0 bridgehead atoms. The van der Waals surface area contributed by atoms with Gasteiger partial charge < -0.3 is 0 Å². The summed E-state index contributed by atoms with van der Waals surface area (Å²) < 4.78 is 0. The van der Waals surface area contributed by atoms with Crippen molar-refractivity contribution in [2.24, 2.45) is 5.92 Å². The minimum absolute atomic E-state index is 0.468. The summed E-state index contributed by atoms with van der Waals surface area (Å²) in [5.74, 6) is 0.939. The number of hydrogen-bond acceptors (Lipinski definition) is 0. The van der Waals surface area contributed by atoms with Crippen molar-refractivity contribution in [1.29, 1.82) is 0 Å². The third-order valence-electron chi connectivity index (χ3n) is 4.89. The highest BCUT2D eigenvalue weighted by Gasteiger charge is 2.32. The number of hydrogen-bond donors (Lipinski definition) is 0. The van der Waals surface area contributed by atoms with Crippen LogP contribution >= 0.6 is 0 Å². The molecule has 0 amide bonds. The summed E-state index contributed by atoms with van der Waals surface area (Å²) in [4.78, 5) is 0. The van der Waals surface area contributed by atoms with E-state index in [1.807, 2.05) is 0 Å². The van der Waals surface area contributed by atoms with Gasteiger partial charge >= 0.3 is 0 Å². The number of fused-ring (bicyclic) bond motifs is 2. The molecule has 2 aromatic rings. The molecule has 0 N–H and O–H groups in total. The molecule has 0 aliphatic heterocycles. The zero-order valence-corrected chi connectivity index (χ0v) is 12.9. The van der Waals surface area contributed by atoms with Gasteiger partial charge in [0.15, 0.2) is 0 Å². The van der Waals surface area contributed by atoms with Crippen LogP contribution in [0, 0.1) is 5.92 Å². The Morgan fingerprint density at radius 3 is 2.68 bits per heavy atom. The fourth-order valence-corrected chi connectivity index (χ4v) is 3.86. The maximum atomic E-state index is 2.41. The highest BCUT2D eigenvalue weighted by molar-refractivity contribution is 5.87. The van der Waals surface area contributed by atoms with Crippen LogP contribution in [0.3, 0.4) is 0 Å². The standard InChI is InChI=1S/C22H20/c1-2-16-15-18-10-4-3-5-13-20(18)22(16)21-14-8-11-17-9-6-7-12-19(17)21/h3-15,20,22H,2H2,1H3. The van der Waals surface area contributed by atoms with Crippen molar-refractivity contribution < 1.29 is 0 Å². The molecule has 0 spiro atoms. The van der Waals surface area contributed by atoms with Gasteiger partial charge in [0.05, 0.1) is 0 Å². The van der Waals surface area contributed by atoms with Gasteiger partial charge in [0, 0.05) is 11.8 Å². The summed E-state index contributed by atoms with van der Waals surface area (Å²) in [5, 5.41) is 2.73. The van der Waals surface area contributed by atoms with Gasteiger partial charge in [-0.2, -0.15) is 0 Å². The van der Waals surface area contributed by atoms with Gasteiger partial charge in [-0.1, -0.05) is 91.4 Å². The van der Waals surface area contributed by atoms with E-state index in [0.29, 0.717) is 11.8 Å². The largest absolute Gasteiger partial charge is 0.0761 e. The molecule has 0 fully saturated rings. The lowest BCUT2D eigenvalue weighted by atomic mass is 9.80. The molecular weight excluding hydrogens is 264 g/mol. The fourth-order valence-electron chi connectivity index (χ4n) is 3.86. The van der Waals surface area contributed by atoms with E-state index in [0.717, 1.165) is 6.42 Å². The van der Waals surface area contributed by atoms with Crippen LogP contribution in [0.4, 0.5) is 0 Å². The summed E-state index contributed by atoms with van der Waals surface area (Å²) in [6.45, 7) is 2.27. The molecular formula is C22H20. The monoisotopic (exact) mass is 284 g/mol. The molecule has 0 saturated carbocycles. The zero-order valence-electron chi connectivity index (χ0n) is 12.9. The summed E-state index contributed by atoms with van der Waals surface area (Å²) >= 11 is 0. The Hall–Kier alpha value is -2.34. The molecule has 108 valence electrons. The maximum Gasteiger partial charge on any atom is 0.0161 e. The Labute approximate surface area is 132 Å². The van der Waals surface area contributed by atoms with Crippen molar-refractivity contribution in [2.45, 2.75) is 19.3 Å². The third kappa shape index (κ3) is 2.07. The zero-order chi connectivity index (χ0) is 14.9. The fraction of sp³-hybridized carbons (Fsp3) is 0.182. The molecule has 0 heterocycles. The van der Waals surface area contributed by atoms with Crippen molar-refractivity contribution in [3.8, 4) is 0 Å². The molecule has 0 nitrogen and oxygen atoms in total. The first-order valence-electron chi connectivity index (χ1n) is 8.11. The molecule has 0 aromatic heterocycles. The minimum atomic E-state index is 0.468. The van der Waals surface area contributed by atoms with Crippen LogP contribution in [-0.2, 0) is 0 Å². The lowest BCUT2D eigenvalue weighted by Crippen LogP contribution is -2.09. The predicted octanol–water partition coefficient (Wildman–Crippen LogP) is 5.94. The van der Waals surface area contributed by atoms with Gasteiger partial charge in [0.1, 0.15) is 0 Å². The first kappa shape index (κ1) is 13.3. The predicted molar refractivity (Wildman–Crippen MR) is 94.9 cm³/mol. The Morgan fingerprint density at radius 2 is 1.77 bits per heavy atom. The Morgan fingerprint density at radius 1 is 0.909 bits per heavy atom. The van der Waals surface area contributed by atoms with E-state index in [2.05, 4.69) is 85.8 Å². The SMILES string of the molecule is CCC1=CC2=CC=CC=CC2C1c1cccc2ccccc12. The summed E-state index contributed by atoms with van der Waals surface area (Å²) in [6, 6.07) is 15.5. The minimum Gasteiger partial charge on any atom is -0.0761 e. The van der Waals surface area contributed by atoms with Crippen molar-refractivity contribution >= 4 is 10.8 Å². The molecule has 0 heteroatoms. The van der Waals surface area contributed by atoms with E-state index in [-0.39, 0.29) is 0 Å². The lowest BCUT2D eigenvalue weighted by Gasteiger charge is -2.23. The second kappa shape index (κ2) is 5.46. The van der Waals surface area contributed by atoms with Crippen LogP contribution in [-0.4, -0.2) is 0 Å². The van der Waals surface area contributed by atoms with E-state index in [9.17, 15) is 0 Å². The van der Waals surface area contributed by atoms with E-state index in [4.69, 9.17) is 0 Å². The first-order valence-corrected chi connectivity index (χ1v) is 8.11. The molecule has 2 aromatic carbocycles. The molecule has 2 aliphatic carbocycles. The Bertz CT molecular complexity index is 825. The molecule has 4 rings (SSSR count). The molecule has 2 unspecified atom stereocenters. The van der Waals surface area contributed by atoms with Crippen LogP contribution < -0.4 is 0 Å². The van der Waals surface area contributed by atoms with Crippen molar-refractivity contribution in [1.82, 2.24) is 0 Å². The molecule has 2 atom stereocenters. The van der Waals surface area contributed by atoms with Crippen LogP contribution in [0.25, 0.3) is 10.8 Å². The Balaban J connectivity index is 1.91. The smallest absolute Gasteiger partial charge is 0.0161 e. The molecule has 22 heavy (non-hydrogen) atoms. The van der Waals surface area contributed by atoms with E-state index >= 15 is 0 Å². The van der Waals surface area contributed by atoms with Gasteiger partial charge in [0.25, 0.3) is 0 Å². The number of rotatable bonds is 2. The molecule has 0 saturated heterocycles. The van der Waals surface area contributed by atoms with Gasteiger partial charge in [-0.3, -0.25) is 0 Å².